The van der Waals surface area contributed by atoms with E-state index in [0.717, 1.165) is 18.2 Å². The first-order valence-corrected chi connectivity index (χ1v) is 8.21. The topological polar surface area (TPSA) is 66.8 Å². The monoisotopic (exact) mass is 391 g/mol. The standard InChI is InChI=1S/C17H17ClF3NO4/c18-14-3-1-11(9-13(14)17(19,20)21)2-4-15(23)22(10-16(24)25)12-5-7-26-8-6-12/h1-4,9,12H,5-8,10H2,(H,24,25)/b4-2+. The van der Waals surface area contributed by atoms with Crippen LogP contribution < -0.4 is 0 Å². The normalized spacial score (nSPS) is 16.0. The summed E-state index contributed by atoms with van der Waals surface area (Å²) < 4.78 is 43.8. The highest BCUT2D eigenvalue weighted by atomic mass is 35.5. The Labute approximate surface area is 153 Å². The zero-order valence-corrected chi connectivity index (χ0v) is 14.4. The van der Waals surface area contributed by atoms with Crippen molar-refractivity contribution in [1.29, 1.82) is 0 Å². The fourth-order valence-electron chi connectivity index (χ4n) is 2.66. The fraction of sp³-hybridized carbons (Fsp3) is 0.412. The lowest BCUT2D eigenvalue weighted by Crippen LogP contribution is -2.45. The highest BCUT2D eigenvalue weighted by molar-refractivity contribution is 6.31. The Morgan fingerprint density at radius 3 is 2.54 bits per heavy atom. The summed E-state index contributed by atoms with van der Waals surface area (Å²) in [6, 6.07) is 2.99. The van der Waals surface area contributed by atoms with Crippen LogP contribution in [0.4, 0.5) is 13.2 Å². The number of hydrogen-bond acceptors (Lipinski definition) is 3. The maximum atomic E-state index is 12.9. The van der Waals surface area contributed by atoms with Crippen molar-refractivity contribution in [3.05, 3.63) is 40.4 Å². The van der Waals surface area contributed by atoms with Crippen LogP contribution in [0.25, 0.3) is 6.08 Å². The highest BCUT2D eigenvalue weighted by Crippen LogP contribution is 2.35. The number of hydrogen-bond donors (Lipinski definition) is 1. The molecule has 0 unspecified atom stereocenters. The zero-order valence-electron chi connectivity index (χ0n) is 13.6. The van der Waals surface area contributed by atoms with Gasteiger partial charge in [0.2, 0.25) is 5.91 Å². The number of carbonyl (C=O) groups excluding carboxylic acids is 1. The molecule has 0 atom stereocenters. The van der Waals surface area contributed by atoms with E-state index in [4.69, 9.17) is 21.4 Å². The van der Waals surface area contributed by atoms with Gasteiger partial charge in [0.15, 0.2) is 0 Å². The van der Waals surface area contributed by atoms with Gasteiger partial charge in [0, 0.05) is 25.3 Å². The number of ether oxygens (including phenoxy) is 1. The second-order valence-electron chi connectivity index (χ2n) is 5.77. The predicted octanol–water partition coefficient (Wildman–Crippen LogP) is 3.46. The number of carboxylic acids is 1. The molecule has 1 fully saturated rings. The molecule has 1 aliphatic rings. The summed E-state index contributed by atoms with van der Waals surface area (Å²) in [7, 11) is 0. The molecule has 26 heavy (non-hydrogen) atoms. The van der Waals surface area contributed by atoms with Crippen LogP contribution in [-0.4, -0.2) is 47.7 Å². The summed E-state index contributed by atoms with van der Waals surface area (Å²) in [5.41, 5.74) is -0.863. The number of nitrogens with zero attached hydrogens (tertiary/aromatic N) is 1. The SMILES string of the molecule is O=C(O)CN(C(=O)/C=C/c1ccc(Cl)c(C(F)(F)F)c1)C1CCOCC1. The third kappa shape index (κ3) is 5.47. The molecule has 1 aromatic rings. The van der Waals surface area contributed by atoms with Gasteiger partial charge in [0.25, 0.3) is 0 Å². The Morgan fingerprint density at radius 2 is 1.96 bits per heavy atom. The van der Waals surface area contributed by atoms with Gasteiger partial charge in [-0.25, -0.2) is 0 Å². The van der Waals surface area contributed by atoms with Crippen molar-refractivity contribution in [2.45, 2.75) is 25.1 Å². The van der Waals surface area contributed by atoms with Gasteiger partial charge in [-0.3, -0.25) is 9.59 Å². The summed E-state index contributed by atoms with van der Waals surface area (Å²) in [4.78, 5) is 24.6. The third-order valence-electron chi connectivity index (χ3n) is 3.93. The summed E-state index contributed by atoms with van der Waals surface area (Å²) in [5, 5.41) is 8.58. The summed E-state index contributed by atoms with van der Waals surface area (Å²) >= 11 is 5.56. The molecule has 142 valence electrons. The Morgan fingerprint density at radius 1 is 1.31 bits per heavy atom. The van der Waals surface area contributed by atoms with E-state index >= 15 is 0 Å². The molecule has 0 saturated carbocycles. The molecule has 0 spiro atoms. The molecule has 0 radical (unpaired) electrons. The molecular formula is C17H17ClF3NO4. The van der Waals surface area contributed by atoms with Crippen LogP contribution >= 0.6 is 11.6 Å². The van der Waals surface area contributed by atoms with Crippen molar-refractivity contribution in [3.8, 4) is 0 Å². The summed E-state index contributed by atoms with van der Waals surface area (Å²) in [6.45, 7) is 0.357. The number of aliphatic carboxylic acids is 1. The third-order valence-corrected chi connectivity index (χ3v) is 4.26. The largest absolute Gasteiger partial charge is 0.480 e. The van der Waals surface area contributed by atoms with E-state index in [2.05, 4.69) is 0 Å². The van der Waals surface area contributed by atoms with E-state index < -0.39 is 35.2 Å². The van der Waals surface area contributed by atoms with Crippen molar-refractivity contribution in [2.24, 2.45) is 0 Å². The van der Waals surface area contributed by atoms with Gasteiger partial charge < -0.3 is 14.7 Å². The number of rotatable bonds is 5. The van der Waals surface area contributed by atoms with Crippen molar-refractivity contribution < 1.29 is 32.6 Å². The molecule has 5 nitrogen and oxygen atoms in total. The first-order valence-electron chi connectivity index (χ1n) is 7.83. The molecule has 1 heterocycles. The molecule has 2 rings (SSSR count). The quantitative estimate of drug-likeness (QED) is 0.780. The van der Waals surface area contributed by atoms with Crippen LogP contribution in [0.5, 0.6) is 0 Å². The van der Waals surface area contributed by atoms with E-state index in [1.807, 2.05) is 0 Å². The number of alkyl halides is 3. The molecule has 9 heteroatoms. The van der Waals surface area contributed by atoms with E-state index in [1.165, 1.54) is 17.0 Å². The van der Waals surface area contributed by atoms with E-state index in [9.17, 15) is 22.8 Å². The minimum Gasteiger partial charge on any atom is -0.480 e. The van der Waals surface area contributed by atoms with Gasteiger partial charge in [-0.05, 0) is 36.6 Å². The second-order valence-corrected chi connectivity index (χ2v) is 6.18. The molecule has 0 bridgehead atoms. The number of halogens is 4. The van der Waals surface area contributed by atoms with E-state index in [0.29, 0.717) is 26.1 Å². The zero-order chi connectivity index (χ0) is 19.3. The molecule has 0 aromatic heterocycles. The first-order chi connectivity index (χ1) is 12.2. The second kappa shape index (κ2) is 8.55. The van der Waals surface area contributed by atoms with Gasteiger partial charge in [0.05, 0.1) is 10.6 Å². The Hall–Kier alpha value is -2.06. The van der Waals surface area contributed by atoms with Crippen LogP contribution in [0.1, 0.15) is 24.0 Å². The molecular weight excluding hydrogens is 375 g/mol. The van der Waals surface area contributed by atoms with Gasteiger partial charge in [0.1, 0.15) is 6.54 Å². The smallest absolute Gasteiger partial charge is 0.417 e. The molecule has 1 N–H and O–H groups in total. The summed E-state index contributed by atoms with van der Waals surface area (Å²) in [5.74, 6) is -1.74. The van der Waals surface area contributed by atoms with Gasteiger partial charge in [-0.1, -0.05) is 17.7 Å². The fourth-order valence-corrected chi connectivity index (χ4v) is 2.88. The maximum absolute atomic E-state index is 12.9. The van der Waals surface area contributed by atoms with Crippen molar-refractivity contribution in [3.63, 3.8) is 0 Å². The number of amides is 1. The minimum absolute atomic E-state index is 0.136. The maximum Gasteiger partial charge on any atom is 0.417 e. The molecule has 1 aliphatic heterocycles. The molecule has 0 aliphatic carbocycles. The van der Waals surface area contributed by atoms with Crippen molar-refractivity contribution in [2.75, 3.05) is 19.8 Å². The van der Waals surface area contributed by atoms with E-state index in [1.54, 1.807) is 0 Å². The van der Waals surface area contributed by atoms with E-state index in [-0.39, 0.29) is 11.6 Å². The lowest BCUT2D eigenvalue weighted by atomic mass is 10.1. The lowest BCUT2D eigenvalue weighted by Gasteiger charge is -2.32. The predicted molar refractivity (Wildman–Crippen MR) is 88.7 cm³/mol. The number of carboxylic acid groups (broad SMARTS) is 1. The molecule has 1 saturated heterocycles. The van der Waals surface area contributed by atoms with Crippen LogP contribution in [0.15, 0.2) is 24.3 Å². The average molecular weight is 392 g/mol. The van der Waals surface area contributed by atoms with Crippen molar-refractivity contribution >= 4 is 29.6 Å². The van der Waals surface area contributed by atoms with Gasteiger partial charge in [-0.2, -0.15) is 13.2 Å². The first kappa shape index (κ1) is 20.3. The number of carbonyl (C=O) groups is 2. The Bertz CT molecular complexity index is 700. The van der Waals surface area contributed by atoms with Gasteiger partial charge >= 0.3 is 12.1 Å². The highest BCUT2D eigenvalue weighted by Gasteiger charge is 2.33. The average Bonchev–Trinajstić information content (AvgIpc) is 2.58. The summed E-state index contributed by atoms with van der Waals surface area (Å²) in [6.07, 6.45) is -1.32. The number of benzene rings is 1. The lowest BCUT2D eigenvalue weighted by molar-refractivity contribution is -0.145. The van der Waals surface area contributed by atoms with Gasteiger partial charge in [-0.15, -0.1) is 0 Å². The molecule has 1 aromatic carbocycles. The van der Waals surface area contributed by atoms with Crippen LogP contribution in [0.3, 0.4) is 0 Å². The Kier molecular flexibility index (Phi) is 6.66. The van der Waals surface area contributed by atoms with Crippen molar-refractivity contribution in [1.82, 2.24) is 4.90 Å². The van der Waals surface area contributed by atoms with Crippen LogP contribution in [0, 0.1) is 0 Å². The van der Waals surface area contributed by atoms with Crippen LogP contribution in [-0.2, 0) is 20.5 Å². The minimum atomic E-state index is -4.61. The molecule has 1 amide bonds. The Balaban J connectivity index is 2.18. The van der Waals surface area contributed by atoms with Crippen LogP contribution in [0.2, 0.25) is 5.02 Å².